The number of carbonyl (C=O) groups is 3. The van der Waals surface area contributed by atoms with Gasteiger partial charge in [-0.15, -0.1) is 11.8 Å². The summed E-state index contributed by atoms with van der Waals surface area (Å²) in [5.41, 5.74) is 2.93. The van der Waals surface area contributed by atoms with Gasteiger partial charge in [0.15, 0.2) is 11.5 Å². The van der Waals surface area contributed by atoms with Gasteiger partial charge in [-0.3, -0.25) is 19.3 Å². The molecule has 2 N–H and O–H groups in total. The van der Waals surface area contributed by atoms with Gasteiger partial charge in [0.2, 0.25) is 11.7 Å². The highest BCUT2D eigenvalue weighted by molar-refractivity contribution is 8.00. The maximum Gasteiger partial charge on any atom is 0.272 e. The van der Waals surface area contributed by atoms with Crippen LogP contribution >= 0.6 is 11.8 Å². The van der Waals surface area contributed by atoms with E-state index < -0.39 is 17.1 Å². The van der Waals surface area contributed by atoms with E-state index in [0.717, 1.165) is 16.3 Å². The SMILES string of the molecule is CCC(Sc1cccc(NC(=O)/C(=C\c2cc(OC)c(OC)c(OC)c2)NC(=O)c2ccccc2)c1)C(=O)N(c1ccccc1)c1ccccc1. The van der Waals surface area contributed by atoms with Gasteiger partial charge >= 0.3 is 0 Å². The van der Waals surface area contributed by atoms with Crippen LogP contribution in [0.3, 0.4) is 0 Å². The summed E-state index contributed by atoms with van der Waals surface area (Å²) in [7, 11) is 4.50. The number of hydrogen-bond donors (Lipinski definition) is 2. The van der Waals surface area contributed by atoms with Crippen LogP contribution < -0.4 is 29.7 Å². The highest BCUT2D eigenvalue weighted by atomic mass is 32.2. The molecule has 260 valence electrons. The number of benzene rings is 5. The Morgan fingerprint density at radius 1 is 0.725 bits per heavy atom. The van der Waals surface area contributed by atoms with Gasteiger partial charge in [-0.2, -0.15) is 0 Å². The molecule has 0 saturated carbocycles. The minimum atomic E-state index is -0.558. The number of anilines is 3. The average molecular weight is 702 g/mol. The molecule has 5 aromatic carbocycles. The lowest BCUT2D eigenvalue weighted by Gasteiger charge is -2.27. The quantitative estimate of drug-likeness (QED) is 0.0886. The van der Waals surface area contributed by atoms with Crippen molar-refractivity contribution in [1.82, 2.24) is 5.32 Å². The molecule has 3 amide bonds. The van der Waals surface area contributed by atoms with Crippen LogP contribution in [0.15, 0.2) is 138 Å². The second kappa shape index (κ2) is 17.6. The summed E-state index contributed by atoms with van der Waals surface area (Å²) in [6, 6.07) is 38.4. The van der Waals surface area contributed by atoms with Gasteiger partial charge in [0.1, 0.15) is 5.70 Å². The Morgan fingerprint density at radius 3 is 1.82 bits per heavy atom. The van der Waals surface area contributed by atoms with Crippen LogP contribution in [-0.4, -0.2) is 44.3 Å². The molecule has 1 atom stereocenters. The topological polar surface area (TPSA) is 106 Å². The molecule has 0 aliphatic carbocycles. The largest absolute Gasteiger partial charge is 0.493 e. The minimum absolute atomic E-state index is 0.0147. The van der Waals surface area contributed by atoms with E-state index in [9.17, 15) is 14.4 Å². The Hall–Kier alpha value is -6.00. The molecule has 0 spiro atoms. The number of amides is 3. The summed E-state index contributed by atoms with van der Waals surface area (Å²) in [6.07, 6.45) is 2.11. The van der Waals surface area contributed by atoms with Crippen molar-refractivity contribution in [3.63, 3.8) is 0 Å². The highest BCUT2D eigenvalue weighted by Gasteiger charge is 2.27. The molecule has 0 aliphatic heterocycles. The number of hydrogen-bond acceptors (Lipinski definition) is 7. The Kier molecular flexibility index (Phi) is 12.5. The van der Waals surface area contributed by atoms with Crippen LogP contribution in [0, 0.1) is 0 Å². The van der Waals surface area contributed by atoms with E-state index in [0.29, 0.717) is 40.5 Å². The number of carbonyl (C=O) groups excluding carboxylic acids is 3. The molecule has 9 nitrogen and oxygen atoms in total. The van der Waals surface area contributed by atoms with Gasteiger partial charge in [-0.05, 0) is 84.8 Å². The standard InChI is InChI=1S/C41H39N3O6S/c1-5-37(41(47)44(31-19-11-7-12-20-31)32-21-13-8-14-22-32)51-33-23-15-18-30(27-33)42-40(46)34(43-39(45)29-16-9-6-10-17-29)24-28-25-35(48-2)38(50-4)36(26-28)49-3/h6-27,37H,5H2,1-4H3,(H,42,46)(H,43,45)/b34-24+. The normalized spacial score (nSPS) is 11.6. The number of nitrogens with zero attached hydrogens (tertiary/aromatic N) is 1. The van der Waals surface area contributed by atoms with E-state index in [1.54, 1.807) is 53.4 Å². The lowest BCUT2D eigenvalue weighted by molar-refractivity contribution is -0.117. The second-order valence-corrected chi connectivity index (χ2v) is 12.5. The number of thioether (sulfide) groups is 1. The van der Waals surface area contributed by atoms with Gasteiger partial charge in [0.05, 0.1) is 26.6 Å². The van der Waals surface area contributed by atoms with Crippen LogP contribution in [0.1, 0.15) is 29.3 Å². The Morgan fingerprint density at radius 2 is 1.29 bits per heavy atom. The zero-order valence-corrected chi connectivity index (χ0v) is 29.6. The third kappa shape index (κ3) is 9.17. The predicted molar refractivity (Wildman–Crippen MR) is 203 cm³/mol. The summed E-state index contributed by atoms with van der Waals surface area (Å²) in [6.45, 7) is 1.98. The molecule has 1 unspecified atom stereocenters. The number of rotatable bonds is 14. The first-order chi connectivity index (χ1) is 24.8. The van der Waals surface area contributed by atoms with E-state index in [2.05, 4.69) is 10.6 Å². The lowest BCUT2D eigenvalue weighted by Crippen LogP contribution is -2.34. The Bertz CT molecular complexity index is 1920. The third-order valence-corrected chi connectivity index (χ3v) is 9.14. The van der Waals surface area contributed by atoms with E-state index in [4.69, 9.17) is 14.2 Å². The number of ether oxygens (including phenoxy) is 3. The summed E-state index contributed by atoms with van der Waals surface area (Å²) >= 11 is 1.42. The fourth-order valence-corrected chi connectivity index (χ4v) is 6.37. The Labute approximate surface area is 302 Å². The highest BCUT2D eigenvalue weighted by Crippen LogP contribution is 2.39. The van der Waals surface area contributed by atoms with Crippen molar-refractivity contribution in [3.8, 4) is 17.2 Å². The predicted octanol–water partition coefficient (Wildman–Crippen LogP) is 8.36. The third-order valence-electron chi connectivity index (χ3n) is 7.79. The second-order valence-electron chi connectivity index (χ2n) is 11.2. The molecule has 0 aliphatic rings. The van der Waals surface area contributed by atoms with E-state index in [-0.39, 0.29) is 11.6 Å². The Balaban J connectivity index is 1.41. The first kappa shape index (κ1) is 36.3. The number of para-hydroxylation sites is 2. The van der Waals surface area contributed by atoms with Crippen LogP contribution in [0.4, 0.5) is 17.1 Å². The van der Waals surface area contributed by atoms with E-state index in [1.165, 1.54) is 39.2 Å². The molecular formula is C41H39N3O6S. The monoisotopic (exact) mass is 701 g/mol. The van der Waals surface area contributed by atoms with Gasteiger partial charge in [0.25, 0.3) is 11.8 Å². The van der Waals surface area contributed by atoms with Gasteiger partial charge in [-0.25, -0.2) is 0 Å². The number of nitrogens with one attached hydrogen (secondary N) is 2. The van der Waals surface area contributed by atoms with Crippen molar-refractivity contribution in [3.05, 3.63) is 144 Å². The van der Waals surface area contributed by atoms with Crippen molar-refractivity contribution in [2.75, 3.05) is 31.5 Å². The van der Waals surface area contributed by atoms with Crippen LogP contribution in [0.25, 0.3) is 6.08 Å². The summed E-state index contributed by atoms with van der Waals surface area (Å²) in [5, 5.41) is 5.26. The fourth-order valence-electron chi connectivity index (χ4n) is 5.31. The van der Waals surface area contributed by atoms with Gasteiger partial charge in [0, 0.05) is 27.5 Å². The van der Waals surface area contributed by atoms with Crippen molar-refractivity contribution >= 4 is 52.6 Å². The summed E-state index contributed by atoms with van der Waals surface area (Å²) in [4.78, 5) is 43.8. The molecule has 51 heavy (non-hydrogen) atoms. The zero-order valence-electron chi connectivity index (χ0n) is 28.8. The van der Waals surface area contributed by atoms with Crippen molar-refractivity contribution in [2.45, 2.75) is 23.5 Å². The van der Waals surface area contributed by atoms with E-state index >= 15 is 0 Å². The van der Waals surface area contributed by atoms with Gasteiger partial charge < -0.3 is 24.8 Å². The first-order valence-electron chi connectivity index (χ1n) is 16.2. The van der Waals surface area contributed by atoms with E-state index in [1.807, 2.05) is 85.8 Å². The fraction of sp³-hybridized carbons (Fsp3) is 0.146. The maximum atomic E-state index is 14.1. The summed E-state index contributed by atoms with van der Waals surface area (Å²) < 4.78 is 16.4. The van der Waals surface area contributed by atoms with Crippen molar-refractivity contribution in [2.24, 2.45) is 0 Å². The van der Waals surface area contributed by atoms with Crippen LogP contribution in [0.5, 0.6) is 17.2 Å². The van der Waals surface area contributed by atoms with Gasteiger partial charge in [-0.1, -0.05) is 67.6 Å². The lowest BCUT2D eigenvalue weighted by atomic mass is 10.1. The molecule has 0 fully saturated rings. The van der Waals surface area contributed by atoms with Crippen molar-refractivity contribution < 1.29 is 28.6 Å². The smallest absolute Gasteiger partial charge is 0.272 e. The maximum absolute atomic E-state index is 14.1. The molecule has 0 radical (unpaired) electrons. The minimum Gasteiger partial charge on any atom is -0.493 e. The molecule has 5 aromatic rings. The molecule has 10 heteroatoms. The molecule has 0 aromatic heterocycles. The molecule has 5 rings (SSSR count). The van der Waals surface area contributed by atoms with Crippen LogP contribution in [-0.2, 0) is 9.59 Å². The molecule has 0 saturated heterocycles. The first-order valence-corrected chi connectivity index (χ1v) is 17.1. The molecular weight excluding hydrogens is 663 g/mol. The molecule has 0 heterocycles. The zero-order chi connectivity index (χ0) is 36.2. The summed E-state index contributed by atoms with van der Waals surface area (Å²) in [5.74, 6) is 0.0936. The van der Waals surface area contributed by atoms with Crippen LogP contribution in [0.2, 0.25) is 0 Å². The molecule has 0 bridgehead atoms. The average Bonchev–Trinajstić information content (AvgIpc) is 3.17. The number of methoxy groups -OCH3 is 3. The van der Waals surface area contributed by atoms with Crippen molar-refractivity contribution in [1.29, 1.82) is 0 Å².